The first-order valence-electron chi connectivity index (χ1n) is 9.40. The van der Waals surface area contributed by atoms with Crippen LogP contribution in [0.5, 0.6) is 0 Å². The van der Waals surface area contributed by atoms with Crippen molar-refractivity contribution >= 4 is 5.91 Å². The highest BCUT2D eigenvalue weighted by atomic mass is 16.2. The van der Waals surface area contributed by atoms with E-state index in [0.29, 0.717) is 11.8 Å². The van der Waals surface area contributed by atoms with E-state index in [1.165, 1.54) is 19.3 Å². The molecule has 0 aromatic carbocycles. The molecule has 2 fully saturated rings. The van der Waals surface area contributed by atoms with Crippen LogP contribution in [-0.4, -0.2) is 48.9 Å². The van der Waals surface area contributed by atoms with E-state index in [1.54, 1.807) is 12.5 Å². The molecule has 3 heterocycles. The number of carbonyl (C=O) groups is 1. The van der Waals surface area contributed by atoms with Crippen LogP contribution in [0, 0.1) is 0 Å². The monoisotopic (exact) mass is 342 g/mol. The number of aromatic nitrogens is 5. The summed E-state index contributed by atoms with van der Waals surface area (Å²) in [7, 11) is 1.98. The molecule has 0 bridgehead atoms. The molecule has 1 aliphatic carbocycles. The minimum Gasteiger partial charge on any atom is -0.338 e. The van der Waals surface area contributed by atoms with Crippen LogP contribution in [0.4, 0.5) is 0 Å². The maximum Gasteiger partial charge on any atom is 0.257 e. The second-order valence-electron chi connectivity index (χ2n) is 7.40. The Balaban J connectivity index is 1.43. The van der Waals surface area contributed by atoms with E-state index in [-0.39, 0.29) is 5.91 Å². The maximum absolute atomic E-state index is 13.0. The largest absolute Gasteiger partial charge is 0.338 e. The number of aryl methyl sites for hydroxylation is 1. The van der Waals surface area contributed by atoms with Crippen LogP contribution in [0.25, 0.3) is 0 Å². The molecule has 134 valence electrons. The van der Waals surface area contributed by atoms with Crippen molar-refractivity contribution in [3.63, 3.8) is 0 Å². The summed E-state index contributed by atoms with van der Waals surface area (Å²) in [5.41, 5.74) is 1.84. The van der Waals surface area contributed by atoms with Crippen molar-refractivity contribution in [2.45, 2.75) is 56.8 Å². The average Bonchev–Trinajstić information content (AvgIpc) is 3.31. The Morgan fingerprint density at radius 2 is 1.88 bits per heavy atom. The first-order valence-corrected chi connectivity index (χ1v) is 9.40. The van der Waals surface area contributed by atoms with Crippen molar-refractivity contribution in [3.8, 4) is 0 Å². The molecule has 0 atom stereocenters. The average molecular weight is 342 g/mol. The predicted octanol–water partition coefficient (Wildman–Crippen LogP) is 2.61. The molecule has 25 heavy (non-hydrogen) atoms. The fourth-order valence-corrected chi connectivity index (χ4v) is 4.34. The number of likely N-dealkylation sites (tertiary alicyclic amines) is 1. The van der Waals surface area contributed by atoms with Gasteiger partial charge in [-0.25, -0.2) is 0 Å². The number of hydrogen-bond acceptors (Lipinski definition) is 4. The zero-order valence-corrected chi connectivity index (χ0v) is 14.8. The summed E-state index contributed by atoms with van der Waals surface area (Å²) < 4.78 is 1.99. The predicted molar refractivity (Wildman–Crippen MR) is 93.3 cm³/mol. The van der Waals surface area contributed by atoms with Gasteiger partial charge in [0.05, 0.1) is 17.5 Å². The highest BCUT2D eigenvalue weighted by molar-refractivity contribution is 5.95. The van der Waals surface area contributed by atoms with E-state index in [0.717, 1.165) is 55.9 Å². The Bertz CT molecular complexity index is 722. The van der Waals surface area contributed by atoms with E-state index >= 15 is 0 Å². The number of hydrogen-bond donors (Lipinski definition) is 1. The first kappa shape index (κ1) is 16.3. The number of H-pyrrole nitrogens is 1. The number of carbonyl (C=O) groups excluding carboxylic acids is 1. The van der Waals surface area contributed by atoms with Crippen molar-refractivity contribution < 1.29 is 4.79 Å². The second kappa shape index (κ2) is 6.98. The molecule has 1 saturated carbocycles. The Morgan fingerprint density at radius 3 is 2.56 bits per heavy atom. The number of rotatable bonds is 3. The Hall–Kier alpha value is -2.18. The van der Waals surface area contributed by atoms with Gasteiger partial charge >= 0.3 is 0 Å². The summed E-state index contributed by atoms with van der Waals surface area (Å²) in [5.74, 6) is 2.01. The third kappa shape index (κ3) is 3.19. The van der Waals surface area contributed by atoms with Gasteiger partial charge in [0, 0.05) is 32.0 Å². The van der Waals surface area contributed by atoms with Gasteiger partial charge in [0.25, 0.3) is 5.91 Å². The molecule has 7 nitrogen and oxygen atoms in total. The number of nitrogens with zero attached hydrogens (tertiary/aromatic N) is 5. The second-order valence-corrected chi connectivity index (χ2v) is 7.40. The van der Waals surface area contributed by atoms with Gasteiger partial charge in [-0.3, -0.25) is 9.89 Å². The lowest BCUT2D eigenvalue weighted by Gasteiger charge is -2.32. The lowest BCUT2D eigenvalue weighted by atomic mass is 9.85. The zero-order chi connectivity index (χ0) is 17.2. The Morgan fingerprint density at radius 1 is 1.12 bits per heavy atom. The zero-order valence-electron chi connectivity index (χ0n) is 14.8. The third-order valence-electron chi connectivity index (χ3n) is 5.81. The van der Waals surface area contributed by atoms with Gasteiger partial charge in [-0.05, 0) is 25.7 Å². The molecule has 1 amide bonds. The van der Waals surface area contributed by atoms with Crippen molar-refractivity contribution in [3.05, 3.63) is 29.6 Å². The van der Waals surface area contributed by atoms with Gasteiger partial charge in [-0.1, -0.05) is 19.3 Å². The fourth-order valence-electron chi connectivity index (χ4n) is 4.34. The van der Waals surface area contributed by atoms with Crippen LogP contribution in [-0.2, 0) is 7.05 Å². The van der Waals surface area contributed by atoms with Gasteiger partial charge in [0.1, 0.15) is 12.2 Å². The molecule has 2 aromatic heterocycles. The van der Waals surface area contributed by atoms with E-state index in [4.69, 9.17) is 0 Å². The molecule has 0 unspecified atom stereocenters. The van der Waals surface area contributed by atoms with Gasteiger partial charge in [0.15, 0.2) is 0 Å². The standard InChI is InChI=1S/C18H26N6O/c1-23-12-20-22-17(23)14-7-9-24(10-8-14)18(25)15-11-19-21-16(15)13-5-3-2-4-6-13/h11-14H,2-10H2,1H3,(H,19,21). The van der Waals surface area contributed by atoms with Crippen molar-refractivity contribution in [2.75, 3.05) is 13.1 Å². The van der Waals surface area contributed by atoms with E-state index in [1.807, 2.05) is 16.5 Å². The van der Waals surface area contributed by atoms with Crippen molar-refractivity contribution in [1.82, 2.24) is 29.9 Å². The molecule has 0 radical (unpaired) electrons. The van der Waals surface area contributed by atoms with Crippen molar-refractivity contribution in [1.29, 1.82) is 0 Å². The molecule has 1 N–H and O–H groups in total. The minimum atomic E-state index is 0.130. The quantitative estimate of drug-likeness (QED) is 0.930. The van der Waals surface area contributed by atoms with E-state index in [9.17, 15) is 4.79 Å². The van der Waals surface area contributed by atoms with E-state index < -0.39 is 0 Å². The van der Waals surface area contributed by atoms with Crippen LogP contribution in [0.2, 0.25) is 0 Å². The van der Waals surface area contributed by atoms with Gasteiger partial charge in [0.2, 0.25) is 0 Å². The topological polar surface area (TPSA) is 79.7 Å². The maximum atomic E-state index is 13.0. The highest BCUT2D eigenvalue weighted by Crippen LogP contribution is 2.34. The third-order valence-corrected chi connectivity index (χ3v) is 5.81. The summed E-state index contributed by atoms with van der Waals surface area (Å²) >= 11 is 0. The number of nitrogens with one attached hydrogen (secondary N) is 1. The summed E-state index contributed by atoms with van der Waals surface area (Å²) in [6.07, 6.45) is 11.5. The molecular weight excluding hydrogens is 316 g/mol. The summed E-state index contributed by atoms with van der Waals surface area (Å²) in [5, 5.41) is 15.5. The molecule has 0 spiro atoms. The number of aromatic amines is 1. The van der Waals surface area contributed by atoms with Crippen LogP contribution in [0.3, 0.4) is 0 Å². The Kier molecular flexibility index (Phi) is 4.55. The van der Waals surface area contributed by atoms with E-state index in [2.05, 4.69) is 20.4 Å². The summed E-state index contributed by atoms with van der Waals surface area (Å²) in [6, 6.07) is 0. The molecule has 1 aliphatic heterocycles. The van der Waals surface area contributed by atoms with Crippen LogP contribution < -0.4 is 0 Å². The number of piperidine rings is 1. The lowest BCUT2D eigenvalue weighted by Crippen LogP contribution is -2.38. The summed E-state index contributed by atoms with van der Waals surface area (Å²) in [4.78, 5) is 15.0. The molecule has 2 aliphatic rings. The summed E-state index contributed by atoms with van der Waals surface area (Å²) in [6.45, 7) is 1.54. The molecule has 4 rings (SSSR count). The minimum absolute atomic E-state index is 0.130. The normalized spacial score (nSPS) is 20.1. The van der Waals surface area contributed by atoms with Gasteiger partial charge in [-0.15, -0.1) is 10.2 Å². The van der Waals surface area contributed by atoms with Crippen LogP contribution in [0.15, 0.2) is 12.5 Å². The molecular formula is C18H26N6O. The SMILES string of the molecule is Cn1cnnc1C1CCN(C(=O)c2cn[nH]c2C2CCCCC2)CC1. The van der Waals surface area contributed by atoms with Crippen molar-refractivity contribution in [2.24, 2.45) is 7.05 Å². The van der Waals surface area contributed by atoms with Crippen LogP contribution >= 0.6 is 0 Å². The fraction of sp³-hybridized carbons (Fsp3) is 0.667. The molecule has 7 heteroatoms. The van der Waals surface area contributed by atoms with Gasteiger partial charge in [-0.2, -0.15) is 5.10 Å². The van der Waals surface area contributed by atoms with Gasteiger partial charge < -0.3 is 9.47 Å². The Labute approximate surface area is 147 Å². The first-order chi connectivity index (χ1) is 12.2. The lowest BCUT2D eigenvalue weighted by molar-refractivity contribution is 0.0708. The molecule has 1 saturated heterocycles. The number of amides is 1. The molecule has 2 aromatic rings. The van der Waals surface area contributed by atoms with Crippen LogP contribution in [0.1, 0.15) is 78.7 Å². The highest BCUT2D eigenvalue weighted by Gasteiger charge is 2.30. The smallest absolute Gasteiger partial charge is 0.257 e.